The molecule has 3 heterocycles. The standard InChI is InChI=1S/C20H30N12.2ClH.2Mn.10H2O/c1-13-17-27-18(30-29-17)14(2)24-11-7-22-8-12-26-16(4)20-28-19(31-32-20)15(3)25-10-6-21-5-9-23-13;;;;;;;;;;;;;;/h21-22H,5-12H2,1-4H3;2*1H;;;10*1H2/q-2;;;2*+2;;;;;;;;;;/p+2. The third-order valence-corrected chi connectivity index (χ3v) is 4.75. The summed E-state index contributed by atoms with van der Waals surface area (Å²) in [6.45, 7) is 13.0. The van der Waals surface area contributed by atoms with Crippen molar-refractivity contribution in [3.8, 4) is 0 Å². The summed E-state index contributed by atoms with van der Waals surface area (Å²) < 4.78 is 0. The van der Waals surface area contributed by atoms with Crippen molar-refractivity contribution < 1.29 is 114 Å². The summed E-state index contributed by atoms with van der Waals surface area (Å²) in [6, 6.07) is 0. The second-order valence-electron chi connectivity index (χ2n) is 7.29. The summed E-state index contributed by atoms with van der Waals surface area (Å²) >= 11 is 0. The smallest absolute Gasteiger partial charge is 1.00 e. The Morgan fingerprint density at radius 1 is 0.500 bits per heavy atom. The van der Waals surface area contributed by atoms with Gasteiger partial charge in [0.1, 0.15) is 0 Å². The van der Waals surface area contributed by atoms with Crippen molar-refractivity contribution in [2.45, 2.75) is 27.7 Å². The summed E-state index contributed by atoms with van der Waals surface area (Å²) in [4.78, 5) is 27.0. The fraction of sp³-hybridized carbons (Fsp3) is 0.600. The van der Waals surface area contributed by atoms with Gasteiger partial charge in [-0.1, -0.05) is 0 Å². The Hall–Kier alpha value is -1.90. The zero-order valence-corrected chi connectivity index (χ0v) is 29.8. The molecule has 2 aromatic rings. The van der Waals surface area contributed by atoms with E-state index in [1.54, 1.807) is 0 Å². The number of fused-ring (bicyclic) bond motifs is 4. The van der Waals surface area contributed by atoms with Crippen molar-refractivity contribution in [3.63, 3.8) is 0 Å². The molecular formula is C20H54Cl2Mn2N12O10+4. The van der Waals surface area contributed by atoms with Gasteiger partial charge in [0, 0.05) is 55.0 Å². The van der Waals surface area contributed by atoms with Crippen LogP contribution in [-0.2, 0) is 56.0 Å². The molecule has 0 saturated heterocycles. The number of hydrogen-bond donors (Lipinski definition) is 2. The van der Waals surface area contributed by atoms with Crippen molar-refractivity contribution in [2.24, 2.45) is 20.0 Å². The first-order valence-corrected chi connectivity index (χ1v) is 10.8. The van der Waals surface area contributed by atoms with Gasteiger partial charge in [-0.3, -0.25) is 25.1 Å². The van der Waals surface area contributed by atoms with Crippen molar-refractivity contribution in [1.82, 2.24) is 41.0 Å². The summed E-state index contributed by atoms with van der Waals surface area (Å²) in [7, 11) is 0. The Bertz CT molecular complexity index is 898. The molecule has 0 unspecified atom stereocenters. The van der Waals surface area contributed by atoms with Gasteiger partial charge in [-0.25, -0.2) is 0 Å². The molecule has 26 N–H and O–H groups in total. The normalized spacial score (nSPS) is 12.6. The minimum atomic E-state index is 0. The SMILES string of the molecule is CC1=NCCNCCN=C(C)c2nnc([n-]2)C(C)=NCCNCCN=C(C)c2nc1n[n-]2.O.O.O.O.O.O.[Cl-].[Cl-].[Mn+2].[Mn+2].[OH3+].[OH3+].[OH3+].[OH3+]. The van der Waals surface area contributed by atoms with Crippen molar-refractivity contribution in [3.05, 3.63) is 23.3 Å². The van der Waals surface area contributed by atoms with Gasteiger partial charge in [-0.15, -0.1) is 0 Å². The van der Waals surface area contributed by atoms with Gasteiger partial charge >= 0.3 is 34.1 Å². The first-order valence-electron chi connectivity index (χ1n) is 10.8. The topological polar surface area (TPSA) is 474 Å². The number of aliphatic imine (C=N–C) groups is 4. The van der Waals surface area contributed by atoms with Crippen LogP contribution in [0.1, 0.15) is 51.0 Å². The Labute approximate surface area is 300 Å². The number of rotatable bonds is 0. The van der Waals surface area contributed by atoms with E-state index in [-0.39, 0.29) is 114 Å². The average molecular weight is 804 g/mol. The molecule has 0 aliphatic carbocycles. The van der Waals surface area contributed by atoms with Gasteiger partial charge < -0.3 is 115 Å². The van der Waals surface area contributed by atoms with E-state index in [1.807, 2.05) is 27.7 Å². The number of hydrogen-bond acceptors (Lipinski definition) is 10. The molecule has 2 aromatic heterocycles. The van der Waals surface area contributed by atoms with Crippen molar-refractivity contribution in [2.75, 3.05) is 52.4 Å². The molecule has 0 saturated carbocycles. The summed E-state index contributed by atoms with van der Waals surface area (Å²) in [5.41, 5.74) is 3.04. The van der Waals surface area contributed by atoms with Gasteiger partial charge in [0.25, 0.3) is 0 Å². The zero-order valence-electron chi connectivity index (χ0n) is 26.0. The molecule has 278 valence electrons. The molecule has 0 amide bonds. The van der Waals surface area contributed by atoms with Crippen LogP contribution in [0, 0.1) is 0 Å². The molecule has 0 atom stereocenters. The van der Waals surface area contributed by atoms with E-state index in [0.717, 1.165) is 49.0 Å². The molecule has 4 bridgehead atoms. The van der Waals surface area contributed by atoms with Crippen LogP contribution in [0.25, 0.3) is 0 Å². The van der Waals surface area contributed by atoms with Crippen LogP contribution in [0.15, 0.2) is 20.0 Å². The molecule has 26 heteroatoms. The van der Waals surface area contributed by atoms with Crippen LogP contribution in [0.4, 0.5) is 0 Å². The molecule has 46 heavy (non-hydrogen) atoms. The third-order valence-electron chi connectivity index (χ3n) is 4.75. The fourth-order valence-electron chi connectivity index (χ4n) is 2.84. The van der Waals surface area contributed by atoms with E-state index in [9.17, 15) is 0 Å². The first-order chi connectivity index (χ1) is 15.5. The van der Waals surface area contributed by atoms with Crippen LogP contribution in [-0.4, -0.2) is 128 Å². The number of aromatic nitrogens is 6. The zero-order chi connectivity index (χ0) is 22.8. The van der Waals surface area contributed by atoms with Gasteiger partial charge in [0.15, 0.2) is 0 Å². The summed E-state index contributed by atoms with van der Waals surface area (Å²) in [5.74, 6) is 2.16. The van der Waals surface area contributed by atoms with E-state index in [4.69, 9.17) is 0 Å². The predicted octanol–water partition coefficient (Wildman–Crippen LogP) is -15.3. The fourth-order valence-corrected chi connectivity index (χ4v) is 2.84. The van der Waals surface area contributed by atoms with Crippen LogP contribution in [0.5, 0.6) is 0 Å². The van der Waals surface area contributed by atoms with E-state index < -0.39 is 0 Å². The van der Waals surface area contributed by atoms with E-state index in [0.29, 0.717) is 49.5 Å². The third kappa shape index (κ3) is 26.2. The van der Waals surface area contributed by atoms with Gasteiger partial charge in [-0.05, 0) is 33.5 Å². The first kappa shape index (κ1) is 79.5. The quantitative estimate of drug-likeness (QED) is 0.190. The van der Waals surface area contributed by atoms with Gasteiger partial charge in [-0.2, -0.15) is 0 Å². The molecule has 0 spiro atoms. The van der Waals surface area contributed by atoms with E-state index in [1.165, 1.54) is 0 Å². The Morgan fingerprint density at radius 3 is 1.15 bits per heavy atom. The maximum absolute atomic E-state index is 4.52. The molecule has 1 aliphatic rings. The largest absolute Gasteiger partial charge is 2.00 e. The van der Waals surface area contributed by atoms with E-state index in [2.05, 4.69) is 61.0 Å². The molecular weight excluding hydrogens is 749 g/mol. The molecule has 0 aromatic carbocycles. The summed E-state index contributed by atoms with van der Waals surface area (Å²) in [5, 5.41) is 23.2. The Balaban J connectivity index is -0.0000000826. The van der Waals surface area contributed by atoms with Crippen LogP contribution in [0.3, 0.4) is 0 Å². The molecule has 3 rings (SSSR count). The Kier molecular flexibility index (Phi) is 74.5. The average Bonchev–Trinajstić information content (AvgIpc) is 3.47. The minimum Gasteiger partial charge on any atom is -1.00 e. The van der Waals surface area contributed by atoms with Crippen molar-refractivity contribution >= 4 is 22.8 Å². The van der Waals surface area contributed by atoms with E-state index >= 15 is 0 Å². The molecule has 0 fully saturated rings. The monoisotopic (exact) mass is 802 g/mol. The summed E-state index contributed by atoms with van der Waals surface area (Å²) in [6.07, 6.45) is 0. The predicted molar refractivity (Wildman–Crippen MR) is 166 cm³/mol. The van der Waals surface area contributed by atoms with Crippen molar-refractivity contribution in [1.29, 1.82) is 0 Å². The number of halogens is 2. The second-order valence-corrected chi connectivity index (χ2v) is 7.29. The minimum absolute atomic E-state index is 0. The van der Waals surface area contributed by atoms with Gasteiger partial charge in [0.05, 0.1) is 37.7 Å². The van der Waals surface area contributed by atoms with Crippen LogP contribution in [0.2, 0.25) is 0 Å². The molecule has 1 aliphatic heterocycles. The van der Waals surface area contributed by atoms with Crippen LogP contribution < -0.4 is 45.5 Å². The maximum Gasteiger partial charge on any atom is 2.00 e. The Morgan fingerprint density at radius 2 is 0.804 bits per heavy atom. The maximum atomic E-state index is 4.52. The second kappa shape index (κ2) is 43.1. The molecule has 2 radical (unpaired) electrons. The number of nitrogens with zero attached hydrogens (tertiary/aromatic N) is 10. The number of nitrogens with one attached hydrogen (secondary N) is 2. The van der Waals surface area contributed by atoms with Crippen LogP contribution >= 0.6 is 0 Å². The molecule has 22 nitrogen and oxygen atoms in total. The van der Waals surface area contributed by atoms with Gasteiger partial charge in [0.2, 0.25) is 0 Å².